The predicted molar refractivity (Wildman–Crippen MR) is 47.6 cm³/mol. The van der Waals surface area contributed by atoms with E-state index in [0.29, 0.717) is 5.76 Å². The van der Waals surface area contributed by atoms with Crippen LogP contribution in [-0.2, 0) is 0 Å². The largest absolute Gasteiger partial charge is 0.475 e. The summed E-state index contributed by atoms with van der Waals surface area (Å²) in [5.74, 6) is -0.305. The molecular weight excluding hydrogens is 176 g/mol. The molecule has 0 radical (unpaired) electrons. The lowest BCUT2D eigenvalue weighted by Crippen LogP contribution is -1.92. The average molecular weight is 186 g/mol. The summed E-state index contributed by atoms with van der Waals surface area (Å²) < 4.78 is 5.08. The maximum atomic E-state index is 10.4. The van der Waals surface area contributed by atoms with Crippen molar-refractivity contribution in [2.75, 3.05) is 6.26 Å². The van der Waals surface area contributed by atoms with Crippen LogP contribution in [0.5, 0.6) is 0 Å². The van der Waals surface area contributed by atoms with Crippen LogP contribution >= 0.6 is 11.8 Å². The second-order valence-electron chi connectivity index (χ2n) is 2.39. The summed E-state index contributed by atoms with van der Waals surface area (Å²) in [7, 11) is 0. The van der Waals surface area contributed by atoms with Crippen LogP contribution in [0, 0.1) is 0 Å². The average Bonchev–Trinajstić information content (AvgIpc) is 2.51. The molecule has 1 aromatic heterocycles. The van der Waals surface area contributed by atoms with Crippen molar-refractivity contribution in [3.05, 3.63) is 23.7 Å². The summed E-state index contributed by atoms with van der Waals surface area (Å²) in [6.07, 6.45) is 1.95. The highest BCUT2D eigenvalue weighted by molar-refractivity contribution is 7.98. The lowest BCUT2D eigenvalue weighted by atomic mass is 10.3. The fraction of sp³-hybridized carbons (Fsp3) is 0.375. The molecule has 0 saturated heterocycles. The summed E-state index contributed by atoms with van der Waals surface area (Å²) >= 11 is 1.62. The Morgan fingerprint density at radius 1 is 1.67 bits per heavy atom. The highest BCUT2D eigenvalue weighted by Crippen LogP contribution is 2.26. The number of carboxylic acids is 1. The molecular formula is C8H10O3S. The van der Waals surface area contributed by atoms with Crippen molar-refractivity contribution in [3.63, 3.8) is 0 Å². The van der Waals surface area contributed by atoms with Crippen LogP contribution in [0.15, 0.2) is 16.5 Å². The number of hydrogen-bond donors (Lipinski definition) is 1. The minimum absolute atomic E-state index is 0.00546. The van der Waals surface area contributed by atoms with Gasteiger partial charge in [0.05, 0.1) is 5.25 Å². The van der Waals surface area contributed by atoms with Gasteiger partial charge >= 0.3 is 5.97 Å². The second-order valence-corrected chi connectivity index (χ2v) is 3.56. The molecule has 1 N–H and O–H groups in total. The van der Waals surface area contributed by atoms with Gasteiger partial charge in [-0.05, 0) is 25.3 Å². The normalized spacial score (nSPS) is 12.8. The summed E-state index contributed by atoms with van der Waals surface area (Å²) in [6, 6.07) is 3.18. The molecule has 1 unspecified atom stereocenters. The van der Waals surface area contributed by atoms with Crippen LogP contribution in [0.4, 0.5) is 0 Å². The molecule has 1 aromatic rings. The molecule has 0 saturated carbocycles. The number of carboxylic acid groups (broad SMARTS) is 1. The molecule has 66 valence electrons. The molecule has 0 aliphatic carbocycles. The highest BCUT2D eigenvalue weighted by Gasteiger charge is 2.12. The Balaban J connectivity index is 2.84. The van der Waals surface area contributed by atoms with Crippen LogP contribution in [0.2, 0.25) is 0 Å². The van der Waals surface area contributed by atoms with E-state index in [9.17, 15) is 4.79 Å². The maximum Gasteiger partial charge on any atom is 0.371 e. The molecule has 3 nitrogen and oxygen atoms in total. The summed E-state index contributed by atoms with van der Waals surface area (Å²) in [6.45, 7) is 1.97. The standard InChI is InChI=1S/C8H10O3S/c1-5(12-2)6-3-4-7(11-6)8(9)10/h3-5H,1-2H3,(H,9,10). The third-order valence-electron chi connectivity index (χ3n) is 1.59. The summed E-state index contributed by atoms with van der Waals surface area (Å²) in [5, 5.41) is 8.76. The Labute approximate surface area is 74.8 Å². The maximum absolute atomic E-state index is 10.4. The first-order valence-electron chi connectivity index (χ1n) is 3.51. The molecule has 0 aliphatic heterocycles. The Morgan fingerprint density at radius 3 is 2.75 bits per heavy atom. The Bertz CT molecular complexity index is 280. The minimum Gasteiger partial charge on any atom is -0.475 e. The van der Waals surface area contributed by atoms with E-state index in [-0.39, 0.29) is 11.0 Å². The van der Waals surface area contributed by atoms with Crippen LogP contribution in [0.25, 0.3) is 0 Å². The number of aromatic carboxylic acids is 1. The van der Waals surface area contributed by atoms with Gasteiger partial charge < -0.3 is 9.52 Å². The number of hydrogen-bond acceptors (Lipinski definition) is 3. The molecule has 4 heteroatoms. The van der Waals surface area contributed by atoms with E-state index in [1.165, 1.54) is 6.07 Å². The number of furan rings is 1. The van der Waals surface area contributed by atoms with E-state index in [1.54, 1.807) is 17.8 Å². The molecule has 0 bridgehead atoms. The monoisotopic (exact) mass is 186 g/mol. The van der Waals surface area contributed by atoms with E-state index in [1.807, 2.05) is 13.2 Å². The van der Waals surface area contributed by atoms with E-state index in [4.69, 9.17) is 9.52 Å². The molecule has 0 aliphatic rings. The van der Waals surface area contributed by atoms with Crippen LogP contribution in [0.3, 0.4) is 0 Å². The van der Waals surface area contributed by atoms with Crippen molar-refractivity contribution in [1.82, 2.24) is 0 Å². The zero-order valence-electron chi connectivity index (χ0n) is 6.90. The van der Waals surface area contributed by atoms with Crippen molar-refractivity contribution in [3.8, 4) is 0 Å². The fourth-order valence-electron chi connectivity index (χ4n) is 0.802. The molecule has 1 heterocycles. The zero-order chi connectivity index (χ0) is 9.14. The van der Waals surface area contributed by atoms with E-state index >= 15 is 0 Å². The molecule has 1 atom stereocenters. The van der Waals surface area contributed by atoms with Crippen LogP contribution in [-0.4, -0.2) is 17.3 Å². The third kappa shape index (κ3) is 1.82. The Hall–Kier alpha value is -0.900. The van der Waals surface area contributed by atoms with Crippen molar-refractivity contribution in [1.29, 1.82) is 0 Å². The van der Waals surface area contributed by atoms with Gasteiger partial charge in [-0.25, -0.2) is 4.79 Å². The van der Waals surface area contributed by atoms with E-state index in [0.717, 1.165) is 0 Å². The zero-order valence-corrected chi connectivity index (χ0v) is 7.72. The lowest BCUT2D eigenvalue weighted by Gasteiger charge is -2.01. The lowest BCUT2D eigenvalue weighted by molar-refractivity contribution is 0.0660. The first-order chi connectivity index (χ1) is 5.65. The quantitative estimate of drug-likeness (QED) is 0.787. The fourth-order valence-corrected chi connectivity index (χ4v) is 1.16. The van der Waals surface area contributed by atoms with Gasteiger partial charge in [-0.2, -0.15) is 11.8 Å². The van der Waals surface area contributed by atoms with Gasteiger partial charge in [-0.15, -0.1) is 0 Å². The topological polar surface area (TPSA) is 50.4 Å². The predicted octanol–water partition coefficient (Wildman–Crippen LogP) is 2.40. The molecule has 0 amide bonds. The molecule has 12 heavy (non-hydrogen) atoms. The van der Waals surface area contributed by atoms with Crippen molar-refractivity contribution < 1.29 is 14.3 Å². The third-order valence-corrected chi connectivity index (χ3v) is 2.53. The summed E-state index contributed by atoms with van der Waals surface area (Å²) in [5.41, 5.74) is 0. The minimum atomic E-state index is -1.02. The second kappa shape index (κ2) is 3.67. The van der Waals surface area contributed by atoms with Crippen molar-refractivity contribution in [2.45, 2.75) is 12.2 Å². The molecule has 0 aromatic carbocycles. The van der Waals surface area contributed by atoms with Crippen molar-refractivity contribution in [2.24, 2.45) is 0 Å². The summed E-state index contributed by atoms with van der Waals surface area (Å²) in [4.78, 5) is 10.4. The Kier molecular flexibility index (Phi) is 2.81. The van der Waals surface area contributed by atoms with Gasteiger partial charge in [0.15, 0.2) is 0 Å². The number of rotatable bonds is 3. The molecule has 0 fully saturated rings. The van der Waals surface area contributed by atoms with Gasteiger partial charge in [0.2, 0.25) is 5.76 Å². The number of carbonyl (C=O) groups is 1. The van der Waals surface area contributed by atoms with Gasteiger partial charge in [-0.1, -0.05) is 0 Å². The van der Waals surface area contributed by atoms with E-state index in [2.05, 4.69) is 0 Å². The number of thioether (sulfide) groups is 1. The van der Waals surface area contributed by atoms with Gasteiger partial charge in [0, 0.05) is 0 Å². The Morgan fingerprint density at radius 2 is 2.33 bits per heavy atom. The van der Waals surface area contributed by atoms with Crippen molar-refractivity contribution >= 4 is 17.7 Å². The van der Waals surface area contributed by atoms with Crippen LogP contribution < -0.4 is 0 Å². The smallest absolute Gasteiger partial charge is 0.371 e. The van der Waals surface area contributed by atoms with Gasteiger partial charge in [0.1, 0.15) is 5.76 Å². The SMILES string of the molecule is CSC(C)c1ccc(C(=O)O)o1. The van der Waals surface area contributed by atoms with Gasteiger partial charge in [-0.3, -0.25) is 0 Å². The molecule has 1 rings (SSSR count). The van der Waals surface area contributed by atoms with E-state index < -0.39 is 5.97 Å². The first kappa shape index (κ1) is 9.19. The first-order valence-corrected chi connectivity index (χ1v) is 4.79. The highest BCUT2D eigenvalue weighted by atomic mass is 32.2. The molecule has 0 spiro atoms. The van der Waals surface area contributed by atoms with Gasteiger partial charge in [0.25, 0.3) is 0 Å². The van der Waals surface area contributed by atoms with Crippen LogP contribution in [0.1, 0.15) is 28.5 Å².